The van der Waals surface area contributed by atoms with Gasteiger partial charge in [-0.3, -0.25) is 0 Å². The molecule has 1 saturated heterocycles. The lowest BCUT2D eigenvalue weighted by molar-refractivity contribution is 0.262. The third-order valence-electron chi connectivity index (χ3n) is 3.09. The fourth-order valence-electron chi connectivity index (χ4n) is 2.09. The zero-order chi connectivity index (χ0) is 13.8. The van der Waals surface area contributed by atoms with Gasteiger partial charge in [0.05, 0.1) is 6.54 Å². The Morgan fingerprint density at radius 2 is 2.28 bits per heavy atom. The number of piperidine rings is 1. The van der Waals surface area contributed by atoms with E-state index < -0.39 is 10.2 Å². The standard InChI is InChI=1S/C10H22N4O3S/c1-3-13(8-10(11)12-15)18(16,17)14-6-4-5-9(2)7-14/h9,15H,3-8H2,1-2H3,(H2,11,12). The largest absolute Gasteiger partial charge is 0.409 e. The Bertz CT molecular complexity index is 396. The first kappa shape index (κ1) is 15.2. The summed E-state index contributed by atoms with van der Waals surface area (Å²) >= 11 is 0. The fraction of sp³-hybridized carbons (Fsp3) is 0.900. The van der Waals surface area contributed by atoms with Crippen LogP contribution in [0.4, 0.5) is 0 Å². The molecule has 0 radical (unpaired) electrons. The van der Waals surface area contributed by atoms with Crippen LogP contribution in [0.25, 0.3) is 0 Å². The SMILES string of the molecule is CCN(CC(N)=NO)S(=O)(=O)N1CCCC(C)C1. The highest BCUT2D eigenvalue weighted by molar-refractivity contribution is 7.86. The minimum absolute atomic E-state index is 0.0831. The van der Waals surface area contributed by atoms with E-state index in [1.807, 2.05) is 6.92 Å². The molecule has 1 rings (SSSR count). The van der Waals surface area contributed by atoms with E-state index in [0.29, 0.717) is 25.6 Å². The van der Waals surface area contributed by atoms with Gasteiger partial charge in [0.25, 0.3) is 10.2 Å². The van der Waals surface area contributed by atoms with Crippen molar-refractivity contribution >= 4 is 16.0 Å². The van der Waals surface area contributed by atoms with Crippen LogP contribution in [-0.2, 0) is 10.2 Å². The molecule has 0 saturated carbocycles. The van der Waals surface area contributed by atoms with Gasteiger partial charge in [0.2, 0.25) is 0 Å². The lowest BCUT2D eigenvalue weighted by Gasteiger charge is -2.33. The Morgan fingerprint density at radius 3 is 2.78 bits per heavy atom. The maximum absolute atomic E-state index is 12.4. The smallest absolute Gasteiger partial charge is 0.282 e. The summed E-state index contributed by atoms with van der Waals surface area (Å²) in [6, 6.07) is 0. The highest BCUT2D eigenvalue weighted by Gasteiger charge is 2.32. The quantitative estimate of drug-likeness (QED) is 0.321. The zero-order valence-electron chi connectivity index (χ0n) is 10.9. The Morgan fingerprint density at radius 1 is 1.61 bits per heavy atom. The van der Waals surface area contributed by atoms with E-state index >= 15 is 0 Å². The predicted octanol–water partition coefficient (Wildman–Crippen LogP) is 0.0314. The highest BCUT2D eigenvalue weighted by atomic mass is 32.2. The van der Waals surface area contributed by atoms with E-state index in [1.165, 1.54) is 8.61 Å². The van der Waals surface area contributed by atoms with Crippen LogP contribution in [0, 0.1) is 5.92 Å². The van der Waals surface area contributed by atoms with Crippen LogP contribution in [0.1, 0.15) is 26.7 Å². The summed E-state index contributed by atoms with van der Waals surface area (Å²) in [7, 11) is -3.52. The average Bonchev–Trinajstić information content (AvgIpc) is 2.35. The van der Waals surface area contributed by atoms with Crippen molar-refractivity contribution in [3.8, 4) is 0 Å². The molecule has 1 unspecified atom stereocenters. The maximum atomic E-state index is 12.4. The molecule has 8 heteroatoms. The molecule has 0 aromatic heterocycles. The van der Waals surface area contributed by atoms with Crippen LogP contribution in [-0.4, -0.2) is 54.3 Å². The Hall–Kier alpha value is -0.860. The molecule has 1 atom stereocenters. The summed E-state index contributed by atoms with van der Waals surface area (Å²) in [6.45, 7) is 5.06. The Kier molecular flexibility index (Phi) is 5.36. The molecule has 0 bridgehead atoms. The van der Waals surface area contributed by atoms with Crippen molar-refractivity contribution in [2.45, 2.75) is 26.7 Å². The molecule has 3 N–H and O–H groups in total. The van der Waals surface area contributed by atoms with Crippen molar-refractivity contribution in [3.63, 3.8) is 0 Å². The van der Waals surface area contributed by atoms with E-state index in [0.717, 1.165) is 12.8 Å². The topological polar surface area (TPSA) is 99.2 Å². The van der Waals surface area contributed by atoms with Gasteiger partial charge in [-0.2, -0.15) is 17.0 Å². The molecule has 1 aliphatic rings. The second kappa shape index (κ2) is 6.35. The van der Waals surface area contributed by atoms with E-state index in [2.05, 4.69) is 5.16 Å². The molecule has 1 fully saturated rings. The van der Waals surface area contributed by atoms with Crippen molar-refractivity contribution < 1.29 is 13.6 Å². The molecule has 0 aromatic rings. The van der Waals surface area contributed by atoms with E-state index in [1.54, 1.807) is 6.92 Å². The third-order valence-corrected chi connectivity index (χ3v) is 5.12. The molecular formula is C10H22N4O3S. The van der Waals surface area contributed by atoms with Gasteiger partial charge in [0.1, 0.15) is 0 Å². The van der Waals surface area contributed by atoms with Gasteiger partial charge in [0.15, 0.2) is 5.84 Å². The summed E-state index contributed by atoms with van der Waals surface area (Å²) in [4.78, 5) is 0. The second-order valence-corrected chi connectivity index (χ2v) is 6.56. The molecule has 18 heavy (non-hydrogen) atoms. The van der Waals surface area contributed by atoms with Crippen LogP contribution >= 0.6 is 0 Å². The molecular weight excluding hydrogens is 256 g/mol. The summed E-state index contributed by atoms with van der Waals surface area (Å²) < 4.78 is 27.5. The van der Waals surface area contributed by atoms with E-state index in [9.17, 15) is 8.42 Å². The average molecular weight is 278 g/mol. The first-order valence-corrected chi connectivity index (χ1v) is 7.53. The normalized spacial score (nSPS) is 23.5. The number of likely N-dealkylation sites (N-methyl/N-ethyl adjacent to an activating group) is 1. The molecule has 1 aliphatic heterocycles. The molecule has 0 aliphatic carbocycles. The first-order valence-electron chi connectivity index (χ1n) is 6.13. The summed E-state index contributed by atoms with van der Waals surface area (Å²) in [5.41, 5.74) is 5.38. The van der Waals surface area contributed by atoms with Crippen molar-refractivity contribution in [2.75, 3.05) is 26.2 Å². The van der Waals surface area contributed by atoms with Crippen LogP contribution in [0.15, 0.2) is 5.16 Å². The Labute approximate surface area is 108 Å². The number of oxime groups is 1. The number of rotatable bonds is 5. The van der Waals surface area contributed by atoms with E-state index in [-0.39, 0.29) is 12.4 Å². The van der Waals surface area contributed by atoms with Gasteiger partial charge in [-0.1, -0.05) is 19.0 Å². The lowest BCUT2D eigenvalue weighted by atomic mass is 10.0. The molecule has 1 heterocycles. The molecule has 7 nitrogen and oxygen atoms in total. The molecule has 0 amide bonds. The van der Waals surface area contributed by atoms with Gasteiger partial charge in [-0.05, 0) is 18.8 Å². The van der Waals surface area contributed by atoms with Gasteiger partial charge in [0, 0.05) is 19.6 Å². The van der Waals surface area contributed by atoms with Gasteiger partial charge in [-0.15, -0.1) is 0 Å². The molecule has 0 spiro atoms. The minimum atomic E-state index is -3.52. The third kappa shape index (κ3) is 3.56. The molecule has 106 valence electrons. The fourth-order valence-corrected chi connectivity index (χ4v) is 3.84. The second-order valence-electron chi connectivity index (χ2n) is 4.63. The van der Waals surface area contributed by atoms with Crippen molar-refractivity contribution in [2.24, 2.45) is 16.8 Å². The van der Waals surface area contributed by atoms with Crippen LogP contribution < -0.4 is 5.73 Å². The van der Waals surface area contributed by atoms with E-state index in [4.69, 9.17) is 10.9 Å². The predicted molar refractivity (Wildman–Crippen MR) is 69.5 cm³/mol. The number of amidine groups is 1. The number of nitrogens with zero attached hydrogens (tertiary/aromatic N) is 3. The summed E-state index contributed by atoms with van der Waals surface area (Å²) in [5, 5.41) is 11.3. The maximum Gasteiger partial charge on any atom is 0.282 e. The van der Waals surface area contributed by atoms with Gasteiger partial charge in [-0.25, -0.2) is 0 Å². The Balaban J connectivity index is 2.82. The first-order chi connectivity index (χ1) is 8.41. The van der Waals surface area contributed by atoms with Crippen molar-refractivity contribution in [1.82, 2.24) is 8.61 Å². The minimum Gasteiger partial charge on any atom is -0.409 e. The zero-order valence-corrected chi connectivity index (χ0v) is 11.7. The summed E-state index contributed by atoms with van der Waals surface area (Å²) in [6.07, 6.45) is 1.93. The molecule has 0 aromatic carbocycles. The monoisotopic (exact) mass is 278 g/mol. The van der Waals surface area contributed by atoms with Crippen molar-refractivity contribution in [3.05, 3.63) is 0 Å². The number of hydrogen-bond donors (Lipinski definition) is 2. The number of nitrogens with two attached hydrogens (primary N) is 1. The van der Waals surface area contributed by atoms with Gasteiger partial charge < -0.3 is 10.9 Å². The highest BCUT2D eigenvalue weighted by Crippen LogP contribution is 2.20. The van der Waals surface area contributed by atoms with Crippen LogP contribution in [0.5, 0.6) is 0 Å². The lowest BCUT2D eigenvalue weighted by Crippen LogP contribution is -2.49. The van der Waals surface area contributed by atoms with Crippen LogP contribution in [0.3, 0.4) is 0 Å². The summed E-state index contributed by atoms with van der Waals surface area (Å²) in [5.74, 6) is 0.265. The van der Waals surface area contributed by atoms with Crippen molar-refractivity contribution in [1.29, 1.82) is 0 Å². The van der Waals surface area contributed by atoms with Crippen LogP contribution in [0.2, 0.25) is 0 Å². The van der Waals surface area contributed by atoms with Gasteiger partial charge >= 0.3 is 0 Å². The number of hydrogen-bond acceptors (Lipinski definition) is 4.